The second-order valence-electron chi connectivity index (χ2n) is 9.56. The predicted octanol–water partition coefficient (Wildman–Crippen LogP) is 3.56. The van der Waals surface area contributed by atoms with Gasteiger partial charge in [-0.3, -0.25) is 4.79 Å². The molecule has 1 saturated carbocycles. The third kappa shape index (κ3) is 6.55. The van der Waals surface area contributed by atoms with Gasteiger partial charge < -0.3 is 14.8 Å². The van der Waals surface area contributed by atoms with Gasteiger partial charge in [0.2, 0.25) is 0 Å². The summed E-state index contributed by atoms with van der Waals surface area (Å²) in [7, 11) is 0. The highest BCUT2D eigenvalue weighted by atomic mass is 16.6. The highest BCUT2D eigenvalue weighted by molar-refractivity contribution is 5.89. The van der Waals surface area contributed by atoms with Gasteiger partial charge in [0.05, 0.1) is 11.7 Å². The summed E-state index contributed by atoms with van der Waals surface area (Å²) in [6, 6.07) is 0.948. The maximum Gasteiger partial charge on any atom is 0.408 e. The smallest absolute Gasteiger partial charge is 0.408 e. The summed E-state index contributed by atoms with van der Waals surface area (Å²) in [6.07, 6.45) is 4.22. The van der Waals surface area contributed by atoms with E-state index in [1.54, 1.807) is 46.2 Å². The zero-order chi connectivity index (χ0) is 21.2. The van der Waals surface area contributed by atoms with Gasteiger partial charge in [0.15, 0.2) is 5.78 Å². The first-order valence-electron chi connectivity index (χ1n) is 9.79. The predicted molar refractivity (Wildman–Crippen MR) is 106 cm³/mol. The first-order valence-corrected chi connectivity index (χ1v) is 9.79. The quantitative estimate of drug-likeness (QED) is 0.764. The van der Waals surface area contributed by atoms with E-state index in [1.807, 2.05) is 20.8 Å². The highest BCUT2D eigenvalue weighted by Crippen LogP contribution is 2.49. The van der Waals surface area contributed by atoms with Crippen LogP contribution in [-0.4, -0.2) is 45.2 Å². The molecule has 2 atom stereocenters. The summed E-state index contributed by atoms with van der Waals surface area (Å²) in [5.74, 6) is 0.580. The molecule has 1 aliphatic rings. The lowest BCUT2D eigenvalue weighted by atomic mass is 9.92. The van der Waals surface area contributed by atoms with Gasteiger partial charge in [-0.15, -0.1) is 0 Å². The number of nitrogens with one attached hydrogen (secondary N) is 1. The van der Waals surface area contributed by atoms with Crippen molar-refractivity contribution in [3.63, 3.8) is 0 Å². The number of amides is 1. The molecule has 156 valence electrons. The van der Waals surface area contributed by atoms with Crippen LogP contribution in [0, 0.1) is 0 Å². The molecule has 1 aromatic rings. The second kappa shape index (κ2) is 8.15. The van der Waals surface area contributed by atoms with Crippen LogP contribution >= 0.6 is 0 Å². The number of nitrogens with zero attached hydrogens (tertiary/aromatic N) is 2. The summed E-state index contributed by atoms with van der Waals surface area (Å²) < 4.78 is 11.3. The molecule has 28 heavy (non-hydrogen) atoms. The average molecular weight is 392 g/mol. The Morgan fingerprint density at radius 3 is 2.14 bits per heavy atom. The molecule has 1 N–H and O–H groups in total. The SMILES string of the molecule is C[C@@H](OC(C)(C)C)[C@H](NC(=O)OC(C)(C)C)C(=O)CC1(c2ncccn2)CC1. The molecule has 0 bridgehead atoms. The number of hydrogen-bond acceptors (Lipinski definition) is 6. The van der Waals surface area contributed by atoms with Crippen LogP contribution in [0.2, 0.25) is 0 Å². The van der Waals surface area contributed by atoms with Crippen molar-refractivity contribution in [1.29, 1.82) is 0 Å². The van der Waals surface area contributed by atoms with Crippen molar-refractivity contribution in [2.24, 2.45) is 0 Å². The van der Waals surface area contributed by atoms with Gasteiger partial charge in [0.1, 0.15) is 17.5 Å². The number of carbonyl (C=O) groups is 2. The Morgan fingerprint density at radius 1 is 1.11 bits per heavy atom. The topological polar surface area (TPSA) is 90.4 Å². The largest absolute Gasteiger partial charge is 0.444 e. The van der Waals surface area contributed by atoms with E-state index in [-0.39, 0.29) is 17.6 Å². The monoisotopic (exact) mass is 391 g/mol. The standard InChI is InChI=1S/C21H33N3O4/c1-14(27-19(2,3)4)16(24-18(26)28-20(5,6)7)15(25)13-21(9-10-21)17-22-11-8-12-23-17/h8,11-12,14,16H,9-10,13H2,1-7H3,(H,24,26)/t14-,16+/m1/s1. The number of ether oxygens (including phenoxy) is 2. The van der Waals surface area contributed by atoms with Crippen molar-refractivity contribution in [2.45, 2.75) is 96.5 Å². The van der Waals surface area contributed by atoms with Crippen molar-refractivity contribution in [1.82, 2.24) is 15.3 Å². The Kier molecular flexibility index (Phi) is 6.48. The van der Waals surface area contributed by atoms with Crippen LogP contribution in [0.4, 0.5) is 4.79 Å². The van der Waals surface area contributed by atoms with Crippen LogP contribution in [0.1, 0.15) is 73.6 Å². The Hall–Kier alpha value is -2.02. The van der Waals surface area contributed by atoms with Gasteiger partial charge >= 0.3 is 6.09 Å². The third-order valence-corrected chi connectivity index (χ3v) is 4.43. The van der Waals surface area contributed by atoms with E-state index < -0.39 is 29.4 Å². The Bertz CT molecular complexity index is 688. The maximum absolute atomic E-state index is 13.2. The van der Waals surface area contributed by atoms with Crippen molar-refractivity contribution < 1.29 is 19.1 Å². The van der Waals surface area contributed by atoms with Crippen molar-refractivity contribution >= 4 is 11.9 Å². The molecule has 1 aliphatic carbocycles. The number of Topliss-reactive ketones (excluding diaryl/α,β-unsaturated/α-hetero) is 1. The molecule has 0 unspecified atom stereocenters. The average Bonchev–Trinajstić information content (AvgIpc) is 3.30. The number of alkyl carbamates (subject to hydrolysis) is 1. The van der Waals surface area contributed by atoms with E-state index in [0.29, 0.717) is 5.82 Å². The zero-order valence-electron chi connectivity index (χ0n) is 18.0. The van der Waals surface area contributed by atoms with Crippen LogP contribution in [0.15, 0.2) is 18.5 Å². The molecule has 7 nitrogen and oxygen atoms in total. The van der Waals surface area contributed by atoms with E-state index in [9.17, 15) is 9.59 Å². The van der Waals surface area contributed by atoms with Crippen LogP contribution in [0.5, 0.6) is 0 Å². The molecule has 1 fully saturated rings. The fraction of sp³-hybridized carbons (Fsp3) is 0.714. The van der Waals surface area contributed by atoms with Crippen molar-refractivity contribution in [3.8, 4) is 0 Å². The molecule has 2 rings (SSSR count). The number of hydrogen-bond donors (Lipinski definition) is 1. The lowest BCUT2D eigenvalue weighted by Crippen LogP contribution is -2.52. The lowest BCUT2D eigenvalue weighted by Gasteiger charge is -2.32. The minimum atomic E-state index is -0.810. The summed E-state index contributed by atoms with van der Waals surface area (Å²) in [5.41, 5.74) is -1.44. The fourth-order valence-electron chi connectivity index (χ4n) is 3.17. The number of ketones is 1. The molecule has 7 heteroatoms. The Labute approximate surface area is 167 Å². The highest BCUT2D eigenvalue weighted by Gasteiger charge is 2.50. The van der Waals surface area contributed by atoms with E-state index in [4.69, 9.17) is 9.47 Å². The molecule has 0 saturated heterocycles. The van der Waals surface area contributed by atoms with Gasteiger partial charge in [0, 0.05) is 24.2 Å². The van der Waals surface area contributed by atoms with Crippen LogP contribution in [0.25, 0.3) is 0 Å². The fourth-order valence-corrected chi connectivity index (χ4v) is 3.17. The Balaban J connectivity index is 2.15. The van der Waals surface area contributed by atoms with E-state index in [0.717, 1.165) is 12.8 Å². The molecule has 1 amide bonds. The molecular weight excluding hydrogens is 358 g/mol. The number of carbonyl (C=O) groups excluding carboxylic acids is 2. The molecule has 1 heterocycles. The van der Waals surface area contributed by atoms with Crippen LogP contribution in [-0.2, 0) is 19.7 Å². The molecular formula is C21H33N3O4. The molecule has 1 aromatic heterocycles. The minimum absolute atomic E-state index is 0.104. The van der Waals surface area contributed by atoms with E-state index in [2.05, 4.69) is 15.3 Å². The number of rotatable bonds is 7. The van der Waals surface area contributed by atoms with E-state index >= 15 is 0 Å². The van der Waals surface area contributed by atoms with Gasteiger partial charge in [-0.1, -0.05) is 0 Å². The summed E-state index contributed by atoms with van der Waals surface area (Å²) in [6.45, 7) is 12.9. The van der Waals surface area contributed by atoms with Gasteiger partial charge in [-0.05, 0) is 67.4 Å². The van der Waals surface area contributed by atoms with Crippen molar-refractivity contribution in [2.75, 3.05) is 0 Å². The summed E-state index contributed by atoms with van der Waals surface area (Å²) in [4.78, 5) is 34.2. The molecule has 0 radical (unpaired) electrons. The number of aromatic nitrogens is 2. The van der Waals surface area contributed by atoms with Gasteiger partial charge in [-0.2, -0.15) is 0 Å². The van der Waals surface area contributed by atoms with Crippen molar-refractivity contribution in [3.05, 3.63) is 24.3 Å². The van der Waals surface area contributed by atoms with Crippen LogP contribution in [0.3, 0.4) is 0 Å². The maximum atomic E-state index is 13.2. The molecule has 0 spiro atoms. The second-order valence-corrected chi connectivity index (χ2v) is 9.56. The van der Waals surface area contributed by atoms with Gasteiger partial charge in [0.25, 0.3) is 0 Å². The minimum Gasteiger partial charge on any atom is -0.444 e. The molecule has 0 aromatic carbocycles. The first-order chi connectivity index (χ1) is 12.8. The third-order valence-electron chi connectivity index (χ3n) is 4.43. The molecule has 0 aliphatic heterocycles. The normalized spacial score (nSPS) is 18.1. The van der Waals surface area contributed by atoms with Crippen LogP contribution < -0.4 is 5.32 Å². The van der Waals surface area contributed by atoms with E-state index in [1.165, 1.54) is 0 Å². The Morgan fingerprint density at radius 2 is 1.68 bits per heavy atom. The summed E-state index contributed by atoms with van der Waals surface area (Å²) >= 11 is 0. The lowest BCUT2D eigenvalue weighted by molar-refractivity contribution is -0.129. The first kappa shape index (κ1) is 22.3. The zero-order valence-corrected chi connectivity index (χ0v) is 18.0. The summed E-state index contributed by atoms with van der Waals surface area (Å²) in [5, 5.41) is 2.72. The van der Waals surface area contributed by atoms with Gasteiger partial charge in [-0.25, -0.2) is 14.8 Å².